The fourth-order valence-corrected chi connectivity index (χ4v) is 5.68. The van der Waals surface area contributed by atoms with Crippen molar-refractivity contribution in [3.05, 3.63) is 110 Å². The van der Waals surface area contributed by atoms with Gasteiger partial charge in [0.1, 0.15) is 0 Å². The molecule has 0 bridgehead atoms. The molecule has 0 saturated heterocycles. The third kappa shape index (κ3) is 3.23. The summed E-state index contributed by atoms with van der Waals surface area (Å²) in [4.78, 5) is 53.6. The van der Waals surface area contributed by atoms with Crippen LogP contribution in [0.15, 0.2) is 92.6 Å². The third-order valence-corrected chi connectivity index (χ3v) is 7.38. The number of allylic oxidation sites excluding steroid dienone is 6. The van der Waals surface area contributed by atoms with Crippen molar-refractivity contribution in [2.75, 3.05) is 7.11 Å². The van der Waals surface area contributed by atoms with E-state index >= 15 is 0 Å². The lowest BCUT2D eigenvalue weighted by Crippen LogP contribution is -2.40. The minimum atomic E-state index is -0.654. The molecule has 3 aliphatic rings. The Morgan fingerprint density at radius 2 is 1.76 bits per heavy atom. The largest absolute Gasteiger partial charge is 0.504 e. The fourth-order valence-electron chi connectivity index (χ4n) is 5.68. The van der Waals surface area contributed by atoms with Crippen molar-refractivity contribution in [2.45, 2.75) is 31.8 Å². The van der Waals surface area contributed by atoms with Crippen molar-refractivity contribution in [2.24, 2.45) is 0 Å². The summed E-state index contributed by atoms with van der Waals surface area (Å²) in [6.45, 7) is 1.74. The van der Waals surface area contributed by atoms with E-state index in [0.29, 0.717) is 28.0 Å². The predicted molar refractivity (Wildman–Crippen MR) is 134 cm³/mol. The lowest BCUT2D eigenvalue weighted by atomic mass is 9.68. The molecule has 2 heterocycles. The maximum Gasteiger partial charge on any atom is 0.352 e. The predicted octanol–water partition coefficient (Wildman–Crippen LogP) is 2.58. The van der Waals surface area contributed by atoms with Gasteiger partial charge < -0.3 is 9.84 Å². The average molecular weight is 498 g/mol. The molecule has 6 rings (SSSR count). The number of ketones is 2. The number of rotatable bonds is 3. The smallest absolute Gasteiger partial charge is 0.352 e. The quantitative estimate of drug-likeness (QED) is 0.440. The number of nitrogens with zero attached hydrogens (tertiary/aromatic N) is 3. The molecule has 9 heteroatoms. The first-order valence-electron chi connectivity index (χ1n) is 11.9. The Labute approximate surface area is 210 Å². The highest BCUT2D eigenvalue weighted by Gasteiger charge is 2.45. The zero-order chi connectivity index (χ0) is 26.0. The average Bonchev–Trinajstić information content (AvgIpc) is 3.16. The van der Waals surface area contributed by atoms with E-state index in [9.17, 15) is 24.3 Å². The van der Waals surface area contributed by atoms with Crippen LogP contribution >= 0.6 is 0 Å². The topological polar surface area (TPSA) is 113 Å². The Hall–Kier alpha value is -4.66. The Balaban J connectivity index is 1.59. The highest BCUT2D eigenvalue weighted by Crippen LogP contribution is 2.50. The van der Waals surface area contributed by atoms with Gasteiger partial charge in [0.2, 0.25) is 0 Å². The number of carbonyl (C=O) groups is 2. The van der Waals surface area contributed by atoms with E-state index in [1.54, 1.807) is 49.4 Å². The molecule has 1 aromatic heterocycles. The maximum atomic E-state index is 13.7. The summed E-state index contributed by atoms with van der Waals surface area (Å²) in [6.07, 6.45) is 3.30. The van der Waals surface area contributed by atoms with E-state index < -0.39 is 23.3 Å². The van der Waals surface area contributed by atoms with Crippen LogP contribution in [0.2, 0.25) is 0 Å². The van der Waals surface area contributed by atoms with Gasteiger partial charge in [-0.2, -0.15) is 0 Å². The molecule has 0 spiro atoms. The van der Waals surface area contributed by atoms with E-state index in [4.69, 9.17) is 4.74 Å². The maximum absolute atomic E-state index is 13.7. The standard InChI is InChI=1S/C28H23N3O6/c1-15-12-22(33)19-14-20-18(24(25(19)26(15)34)16-8-9-21(32)23(13-16)37-2)10-11-29-27(35)30(28(36)31(20)29)17-6-4-3-5-7-17/h3-10,12-13,20,24,32H,11,14H2,1-2H3/t20-,24+/m1/s1. The van der Waals surface area contributed by atoms with Crippen LogP contribution in [0.5, 0.6) is 11.5 Å². The number of carbonyl (C=O) groups excluding carboxylic acids is 2. The fraction of sp³-hybridized carbons (Fsp3) is 0.214. The van der Waals surface area contributed by atoms with Crippen molar-refractivity contribution in [1.82, 2.24) is 13.9 Å². The molecule has 2 aliphatic carbocycles. The first-order valence-corrected chi connectivity index (χ1v) is 11.9. The number of para-hydroxylation sites is 1. The molecule has 0 amide bonds. The van der Waals surface area contributed by atoms with Gasteiger partial charge in [0.25, 0.3) is 0 Å². The van der Waals surface area contributed by atoms with Gasteiger partial charge in [0.05, 0.1) is 25.4 Å². The van der Waals surface area contributed by atoms with Gasteiger partial charge in [-0.05, 0) is 48.4 Å². The van der Waals surface area contributed by atoms with E-state index in [0.717, 1.165) is 10.1 Å². The molecule has 9 nitrogen and oxygen atoms in total. The number of Topliss-reactive ketones (excluding diaryl/α,β-unsaturated/α-hetero) is 1. The number of aromatic nitrogens is 3. The van der Waals surface area contributed by atoms with Crippen molar-refractivity contribution in [3.63, 3.8) is 0 Å². The lowest BCUT2D eigenvalue weighted by molar-refractivity contribution is -0.116. The monoisotopic (exact) mass is 497 g/mol. The number of phenolic OH excluding ortho intramolecular Hbond substituents is 1. The van der Waals surface area contributed by atoms with Crippen molar-refractivity contribution >= 4 is 11.6 Å². The van der Waals surface area contributed by atoms with Crippen molar-refractivity contribution < 1.29 is 19.4 Å². The summed E-state index contributed by atoms with van der Waals surface area (Å²) in [5.74, 6) is -0.999. The minimum absolute atomic E-state index is 0.0578. The molecule has 1 aliphatic heterocycles. The first kappa shape index (κ1) is 22.8. The Morgan fingerprint density at radius 1 is 1.00 bits per heavy atom. The van der Waals surface area contributed by atoms with E-state index in [1.165, 1.54) is 28.6 Å². The Kier molecular flexibility index (Phi) is 5.04. The second-order valence-electron chi connectivity index (χ2n) is 9.36. The van der Waals surface area contributed by atoms with Crippen molar-refractivity contribution in [1.29, 1.82) is 0 Å². The van der Waals surface area contributed by atoms with Gasteiger partial charge >= 0.3 is 11.4 Å². The minimum Gasteiger partial charge on any atom is -0.504 e. The molecule has 0 unspecified atom stereocenters. The second-order valence-corrected chi connectivity index (χ2v) is 9.36. The summed E-state index contributed by atoms with van der Waals surface area (Å²) in [6, 6.07) is 12.8. The molecule has 3 aromatic rings. The van der Waals surface area contributed by atoms with Crippen molar-refractivity contribution in [3.8, 4) is 17.2 Å². The molecule has 1 N–H and O–H groups in total. The summed E-state index contributed by atoms with van der Waals surface area (Å²) in [5.41, 5.74) is 1.89. The van der Waals surface area contributed by atoms with Crippen LogP contribution < -0.4 is 16.1 Å². The van der Waals surface area contributed by atoms with Gasteiger partial charge in [-0.15, -0.1) is 0 Å². The highest BCUT2D eigenvalue weighted by atomic mass is 16.5. The number of ether oxygens (including phenoxy) is 1. The molecule has 186 valence electrons. The van der Waals surface area contributed by atoms with Crippen LogP contribution in [-0.2, 0) is 16.1 Å². The molecule has 0 saturated carbocycles. The molecular weight excluding hydrogens is 474 g/mol. The number of hydrogen-bond donors (Lipinski definition) is 1. The zero-order valence-electron chi connectivity index (χ0n) is 20.2. The van der Waals surface area contributed by atoms with Gasteiger partial charge in [0.15, 0.2) is 23.1 Å². The molecule has 2 atom stereocenters. The Morgan fingerprint density at radius 3 is 2.49 bits per heavy atom. The van der Waals surface area contributed by atoms with Crippen LogP contribution in [-0.4, -0.2) is 37.7 Å². The van der Waals surface area contributed by atoms with Crippen LogP contribution in [0.25, 0.3) is 5.69 Å². The molecule has 0 fully saturated rings. The number of phenols is 1. The number of aromatic hydroxyl groups is 1. The number of fused-ring (bicyclic) bond motifs is 3. The van der Waals surface area contributed by atoms with Gasteiger partial charge in [0, 0.05) is 29.1 Å². The lowest BCUT2D eigenvalue weighted by Gasteiger charge is -2.39. The first-order chi connectivity index (χ1) is 17.8. The molecule has 0 radical (unpaired) electrons. The molecular formula is C28H23N3O6. The van der Waals surface area contributed by atoms with E-state index in [2.05, 4.69) is 0 Å². The number of hydrogen-bond acceptors (Lipinski definition) is 6. The summed E-state index contributed by atoms with van der Waals surface area (Å²) in [7, 11) is 1.43. The van der Waals surface area contributed by atoms with Crippen LogP contribution in [0.1, 0.15) is 30.9 Å². The SMILES string of the molecule is COc1cc([C@H]2C3=CCn4c(=O)n(-c5ccccc5)c(=O)n4[C@@H]3CC3=C2C(=O)C(C)=CC3=O)ccc1O. The third-order valence-electron chi connectivity index (χ3n) is 7.38. The normalized spacial score (nSPS) is 20.6. The summed E-state index contributed by atoms with van der Waals surface area (Å²) < 4.78 is 9.21. The van der Waals surface area contributed by atoms with Crippen LogP contribution in [0.4, 0.5) is 0 Å². The van der Waals surface area contributed by atoms with E-state index in [1.807, 2.05) is 6.08 Å². The van der Waals surface area contributed by atoms with Gasteiger partial charge in [-0.1, -0.05) is 30.3 Å². The van der Waals surface area contributed by atoms with Crippen LogP contribution in [0.3, 0.4) is 0 Å². The zero-order valence-corrected chi connectivity index (χ0v) is 20.2. The number of benzene rings is 2. The van der Waals surface area contributed by atoms with Gasteiger partial charge in [-0.3, -0.25) is 9.59 Å². The summed E-state index contributed by atoms with van der Waals surface area (Å²) >= 11 is 0. The highest BCUT2D eigenvalue weighted by molar-refractivity contribution is 6.23. The van der Waals surface area contributed by atoms with Crippen LogP contribution in [0, 0.1) is 0 Å². The number of methoxy groups -OCH3 is 1. The van der Waals surface area contributed by atoms with Gasteiger partial charge in [-0.25, -0.2) is 23.5 Å². The van der Waals surface area contributed by atoms with E-state index in [-0.39, 0.29) is 36.0 Å². The second kappa shape index (κ2) is 8.19. The molecule has 2 aromatic carbocycles. The molecule has 37 heavy (non-hydrogen) atoms. The summed E-state index contributed by atoms with van der Waals surface area (Å²) in [5, 5.41) is 10.2. The Bertz CT molecular complexity index is 1710.